The van der Waals surface area contributed by atoms with Crippen molar-refractivity contribution in [1.29, 1.82) is 0 Å². The lowest BCUT2D eigenvalue weighted by Crippen LogP contribution is -2.46. The summed E-state index contributed by atoms with van der Waals surface area (Å²) in [7, 11) is -3.98. The molecule has 0 aliphatic heterocycles. The highest BCUT2D eigenvalue weighted by molar-refractivity contribution is 7.89. The first-order valence-corrected chi connectivity index (χ1v) is 9.86. The third kappa shape index (κ3) is 4.00. The van der Waals surface area contributed by atoms with Gasteiger partial charge in [0.05, 0.1) is 4.90 Å². The van der Waals surface area contributed by atoms with Crippen LogP contribution in [0, 0.1) is 0 Å². The SMILES string of the molecule is C[C@@H](C(=O)NO)N(Cc1ccccc1)S(=O)(=O)c1ccc2ccccc2c1. The predicted octanol–water partition coefficient (Wildman–Crippen LogP) is 2.92. The van der Waals surface area contributed by atoms with Gasteiger partial charge in [-0.1, -0.05) is 60.7 Å². The number of rotatable bonds is 6. The van der Waals surface area contributed by atoms with Crippen LogP contribution in [0.15, 0.2) is 77.7 Å². The zero-order valence-corrected chi connectivity index (χ0v) is 15.6. The lowest BCUT2D eigenvalue weighted by atomic mass is 10.1. The number of carbonyl (C=O) groups is 1. The third-order valence-corrected chi connectivity index (χ3v) is 6.34. The van der Waals surface area contributed by atoms with E-state index < -0.39 is 22.0 Å². The van der Waals surface area contributed by atoms with Crippen molar-refractivity contribution < 1.29 is 18.4 Å². The minimum Gasteiger partial charge on any atom is -0.289 e. The van der Waals surface area contributed by atoms with Crippen LogP contribution >= 0.6 is 0 Å². The summed E-state index contributed by atoms with van der Waals surface area (Å²) >= 11 is 0. The second-order valence-electron chi connectivity index (χ2n) is 6.20. The molecule has 0 saturated heterocycles. The summed E-state index contributed by atoms with van der Waals surface area (Å²) in [5.74, 6) is -0.796. The van der Waals surface area contributed by atoms with E-state index in [1.165, 1.54) is 18.5 Å². The Kier molecular flexibility index (Phi) is 5.55. The van der Waals surface area contributed by atoms with Crippen LogP contribution in [0.5, 0.6) is 0 Å². The van der Waals surface area contributed by atoms with E-state index in [1.54, 1.807) is 36.4 Å². The number of amides is 1. The molecule has 0 bridgehead atoms. The zero-order valence-electron chi connectivity index (χ0n) is 14.7. The summed E-state index contributed by atoms with van der Waals surface area (Å²) in [6.07, 6.45) is 0. The van der Waals surface area contributed by atoms with Crippen LogP contribution in [0.2, 0.25) is 0 Å². The maximum atomic E-state index is 13.3. The van der Waals surface area contributed by atoms with Crippen LogP contribution in [0.4, 0.5) is 0 Å². The second-order valence-corrected chi connectivity index (χ2v) is 8.09. The minimum atomic E-state index is -3.98. The molecule has 3 aromatic rings. The minimum absolute atomic E-state index is 0.00455. The Labute approximate surface area is 158 Å². The van der Waals surface area contributed by atoms with Gasteiger partial charge in [0.1, 0.15) is 6.04 Å². The molecule has 0 aliphatic rings. The third-order valence-electron chi connectivity index (χ3n) is 4.43. The quantitative estimate of drug-likeness (QED) is 0.505. The molecule has 27 heavy (non-hydrogen) atoms. The molecule has 0 aromatic heterocycles. The Morgan fingerprint density at radius 3 is 2.30 bits per heavy atom. The number of nitrogens with one attached hydrogen (secondary N) is 1. The summed E-state index contributed by atoms with van der Waals surface area (Å²) < 4.78 is 27.7. The Morgan fingerprint density at radius 2 is 1.63 bits per heavy atom. The summed E-state index contributed by atoms with van der Waals surface area (Å²) in [5.41, 5.74) is 2.27. The maximum Gasteiger partial charge on any atom is 0.261 e. The van der Waals surface area contributed by atoms with E-state index in [4.69, 9.17) is 5.21 Å². The highest BCUT2D eigenvalue weighted by atomic mass is 32.2. The molecular formula is C20H20N2O4S. The van der Waals surface area contributed by atoms with Crippen LogP contribution in [-0.2, 0) is 21.4 Å². The van der Waals surface area contributed by atoms with E-state index in [1.807, 2.05) is 30.3 Å². The maximum absolute atomic E-state index is 13.3. The molecule has 7 heteroatoms. The molecule has 0 spiro atoms. The molecule has 0 aliphatic carbocycles. The number of carbonyl (C=O) groups excluding carboxylic acids is 1. The first-order valence-electron chi connectivity index (χ1n) is 8.42. The number of hydrogen-bond donors (Lipinski definition) is 2. The van der Waals surface area contributed by atoms with Crippen LogP contribution in [0.25, 0.3) is 10.8 Å². The second kappa shape index (κ2) is 7.87. The summed E-state index contributed by atoms with van der Waals surface area (Å²) in [5, 5.41) is 10.7. The molecule has 0 saturated carbocycles. The zero-order chi connectivity index (χ0) is 19.4. The molecule has 0 fully saturated rings. The van der Waals surface area contributed by atoms with Gasteiger partial charge in [-0.2, -0.15) is 4.31 Å². The van der Waals surface area contributed by atoms with Crippen molar-refractivity contribution in [3.05, 3.63) is 78.4 Å². The van der Waals surface area contributed by atoms with Gasteiger partial charge in [0.2, 0.25) is 10.0 Å². The highest BCUT2D eigenvalue weighted by Gasteiger charge is 2.33. The molecule has 2 N–H and O–H groups in total. The smallest absolute Gasteiger partial charge is 0.261 e. The first kappa shape index (κ1) is 19.0. The van der Waals surface area contributed by atoms with Crippen molar-refractivity contribution in [2.24, 2.45) is 0 Å². The molecule has 0 heterocycles. The van der Waals surface area contributed by atoms with E-state index in [2.05, 4.69) is 0 Å². The van der Waals surface area contributed by atoms with E-state index in [0.29, 0.717) is 0 Å². The Morgan fingerprint density at radius 1 is 1.00 bits per heavy atom. The normalized spacial score (nSPS) is 12.9. The Bertz CT molecular complexity index is 1050. The number of hydrogen-bond acceptors (Lipinski definition) is 4. The van der Waals surface area contributed by atoms with Crippen LogP contribution < -0.4 is 5.48 Å². The van der Waals surface area contributed by atoms with Gasteiger partial charge in [-0.15, -0.1) is 0 Å². The van der Waals surface area contributed by atoms with Crippen LogP contribution in [0.3, 0.4) is 0 Å². The Hall–Kier alpha value is -2.74. The average Bonchev–Trinajstić information content (AvgIpc) is 2.71. The number of benzene rings is 3. The van der Waals surface area contributed by atoms with Crippen molar-refractivity contribution >= 4 is 26.7 Å². The molecule has 0 unspecified atom stereocenters. The van der Waals surface area contributed by atoms with Gasteiger partial charge in [-0.25, -0.2) is 13.9 Å². The van der Waals surface area contributed by atoms with E-state index in [-0.39, 0.29) is 11.4 Å². The van der Waals surface area contributed by atoms with Gasteiger partial charge in [-0.05, 0) is 35.4 Å². The fraction of sp³-hybridized carbons (Fsp3) is 0.150. The highest BCUT2D eigenvalue weighted by Crippen LogP contribution is 2.25. The number of fused-ring (bicyclic) bond motifs is 1. The average molecular weight is 384 g/mol. The fourth-order valence-electron chi connectivity index (χ4n) is 2.88. The Balaban J connectivity index is 2.06. The molecule has 140 valence electrons. The topological polar surface area (TPSA) is 86.7 Å². The van der Waals surface area contributed by atoms with Gasteiger partial charge in [0.25, 0.3) is 5.91 Å². The van der Waals surface area contributed by atoms with Crippen molar-refractivity contribution in [3.8, 4) is 0 Å². The van der Waals surface area contributed by atoms with Gasteiger partial charge >= 0.3 is 0 Å². The molecule has 1 atom stereocenters. The molecular weight excluding hydrogens is 364 g/mol. The summed E-state index contributed by atoms with van der Waals surface area (Å²) in [6, 6.07) is 20.2. The summed E-state index contributed by atoms with van der Waals surface area (Å²) in [6.45, 7) is 1.44. The predicted molar refractivity (Wildman–Crippen MR) is 103 cm³/mol. The lowest BCUT2D eigenvalue weighted by molar-refractivity contribution is -0.132. The fourth-order valence-corrected chi connectivity index (χ4v) is 4.50. The van der Waals surface area contributed by atoms with Gasteiger partial charge in [0.15, 0.2) is 0 Å². The number of nitrogens with zero attached hydrogens (tertiary/aromatic N) is 1. The van der Waals surface area contributed by atoms with Crippen LogP contribution in [0.1, 0.15) is 12.5 Å². The van der Waals surface area contributed by atoms with E-state index >= 15 is 0 Å². The van der Waals surface area contributed by atoms with Crippen molar-refractivity contribution in [2.75, 3.05) is 0 Å². The summed E-state index contributed by atoms with van der Waals surface area (Å²) in [4.78, 5) is 12.1. The van der Waals surface area contributed by atoms with Gasteiger partial charge in [0, 0.05) is 6.54 Å². The standard InChI is InChI=1S/C20H20N2O4S/c1-15(20(23)21-24)22(14-16-7-3-2-4-8-16)27(25,26)19-12-11-17-9-5-6-10-18(17)13-19/h2-13,15,24H,14H2,1H3,(H,21,23)/t15-/m0/s1. The molecule has 0 radical (unpaired) electrons. The van der Waals surface area contributed by atoms with Crippen molar-refractivity contribution in [1.82, 2.24) is 9.79 Å². The lowest BCUT2D eigenvalue weighted by Gasteiger charge is -2.27. The van der Waals surface area contributed by atoms with Crippen LogP contribution in [-0.4, -0.2) is 29.9 Å². The molecule has 3 aromatic carbocycles. The molecule has 6 nitrogen and oxygen atoms in total. The van der Waals surface area contributed by atoms with E-state index in [0.717, 1.165) is 20.6 Å². The largest absolute Gasteiger partial charge is 0.289 e. The molecule has 1 amide bonds. The van der Waals surface area contributed by atoms with Crippen molar-refractivity contribution in [3.63, 3.8) is 0 Å². The monoisotopic (exact) mass is 384 g/mol. The van der Waals surface area contributed by atoms with Crippen molar-refractivity contribution in [2.45, 2.75) is 24.4 Å². The van der Waals surface area contributed by atoms with Gasteiger partial charge in [-0.3, -0.25) is 10.0 Å². The first-order chi connectivity index (χ1) is 12.9. The van der Waals surface area contributed by atoms with E-state index in [9.17, 15) is 13.2 Å². The number of hydroxylamine groups is 1. The van der Waals surface area contributed by atoms with Gasteiger partial charge < -0.3 is 0 Å². The number of sulfonamides is 1. The molecule has 3 rings (SSSR count).